The number of hydrogen-bond donors (Lipinski definition) is 0. The molecule has 5 rings (SSSR count). The second kappa shape index (κ2) is 12.1. The fourth-order valence-corrected chi connectivity index (χ4v) is 4.92. The molecule has 2 aromatic heterocycles. The molecule has 0 atom stereocenters. The number of carbonyl (C=O) groups excluding carboxylic acids is 1. The van der Waals surface area contributed by atoms with Crippen LogP contribution in [-0.2, 0) is 17.8 Å². The molecule has 1 fully saturated rings. The number of Topliss-reactive ketones (excluding diaryl/α,β-unsaturated/α-hetero) is 1. The van der Waals surface area contributed by atoms with E-state index in [1.165, 1.54) is 5.56 Å². The number of fused-ring (bicyclic) bond motifs is 1. The largest absolute Gasteiger partial charge is 0.353 e. The van der Waals surface area contributed by atoms with Crippen LogP contribution < -0.4 is 4.90 Å². The van der Waals surface area contributed by atoms with Crippen LogP contribution in [0.3, 0.4) is 0 Å². The predicted molar refractivity (Wildman–Crippen MR) is 150 cm³/mol. The maximum absolute atomic E-state index is 12.2. The van der Waals surface area contributed by atoms with Gasteiger partial charge in [0.2, 0.25) is 0 Å². The highest BCUT2D eigenvalue weighted by molar-refractivity contribution is 5.83. The average Bonchev–Trinajstić information content (AvgIpc) is 2.94. The van der Waals surface area contributed by atoms with E-state index in [4.69, 9.17) is 9.97 Å². The van der Waals surface area contributed by atoms with Crippen molar-refractivity contribution in [3.05, 3.63) is 84.3 Å². The first-order chi connectivity index (χ1) is 18.2. The number of aromatic nitrogens is 3. The molecule has 2 aromatic carbocycles. The molecule has 190 valence electrons. The van der Waals surface area contributed by atoms with E-state index >= 15 is 0 Å². The van der Waals surface area contributed by atoms with Crippen molar-refractivity contribution in [1.29, 1.82) is 0 Å². The van der Waals surface area contributed by atoms with E-state index in [9.17, 15) is 4.79 Å². The quantitative estimate of drug-likeness (QED) is 0.264. The molecule has 0 saturated carbocycles. The molecule has 0 amide bonds. The number of benzene rings is 2. The summed E-state index contributed by atoms with van der Waals surface area (Å²) in [5.74, 6) is 1.26. The summed E-state index contributed by atoms with van der Waals surface area (Å²) in [7, 11) is 0. The normalized spacial score (nSPS) is 14.2. The molecule has 0 unspecified atom stereocenters. The van der Waals surface area contributed by atoms with Crippen molar-refractivity contribution in [2.45, 2.75) is 45.6 Å². The number of carbonyl (C=O) groups is 1. The van der Waals surface area contributed by atoms with Gasteiger partial charge in [-0.1, -0.05) is 56.2 Å². The summed E-state index contributed by atoms with van der Waals surface area (Å²) in [6.45, 7) is 6.93. The topological polar surface area (TPSA) is 62.2 Å². The smallest absolute Gasteiger partial charge is 0.147 e. The van der Waals surface area contributed by atoms with E-state index < -0.39 is 0 Å². The SMILES string of the molecule is CCCCCC(=O)Cc1ccc(-c2ccc3ncc(N4CCN(Cc5cccnc5)CC4)nc3c2)cc1. The Labute approximate surface area is 219 Å². The molecule has 0 aliphatic carbocycles. The zero-order valence-corrected chi connectivity index (χ0v) is 21.6. The number of hydrogen-bond acceptors (Lipinski definition) is 6. The fourth-order valence-electron chi connectivity index (χ4n) is 4.92. The number of rotatable bonds is 10. The number of anilines is 1. The highest BCUT2D eigenvalue weighted by atomic mass is 16.1. The maximum atomic E-state index is 12.2. The highest BCUT2D eigenvalue weighted by Gasteiger charge is 2.19. The Bertz CT molecular complexity index is 1310. The number of pyridine rings is 1. The molecule has 0 N–H and O–H groups in total. The van der Waals surface area contributed by atoms with Gasteiger partial charge in [0.15, 0.2) is 0 Å². The van der Waals surface area contributed by atoms with Crippen molar-refractivity contribution in [2.75, 3.05) is 31.1 Å². The van der Waals surface area contributed by atoms with Gasteiger partial charge in [-0.2, -0.15) is 0 Å². The first-order valence-electron chi connectivity index (χ1n) is 13.4. The third-order valence-corrected chi connectivity index (χ3v) is 7.10. The maximum Gasteiger partial charge on any atom is 0.147 e. The molecule has 3 heterocycles. The Balaban J connectivity index is 1.23. The molecule has 37 heavy (non-hydrogen) atoms. The highest BCUT2D eigenvalue weighted by Crippen LogP contribution is 2.25. The summed E-state index contributed by atoms with van der Waals surface area (Å²) < 4.78 is 0. The van der Waals surface area contributed by atoms with Gasteiger partial charge in [-0.15, -0.1) is 0 Å². The molecule has 0 radical (unpaired) electrons. The van der Waals surface area contributed by atoms with Gasteiger partial charge < -0.3 is 4.90 Å². The summed E-state index contributed by atoms with van der Waals surface area (Å²) in [4.78, 5) is 30.9. The molecule has 6 heteroatoms. The van der Waals surface area contributed by atoms with Crippen molar-refractivity contribution in [1.82, 2.24) is 19.9 Å². The molecule has 4 aromatic rings. The van der Waals surface area contributed by atoms with Gasteiger partial charge in [0.1, 0.15) is 11.6 Å². The monoisotopic (exact) mass is 493 g/mol. The van der Waals surface area contributed by atoms with Crippen LogP contribution in [-0.4, -0.2) is 51.8 Å². The van der Waals surface area contributed by atoms with E-state index in [0.717, 1.165) is 85.5 Å². The summed E-state index contributed by atoms with van der Waals surface area (Å²) in [6, 6.07) is 18.7. The standard InChI is InChI=1S/C31H35N5O/c1-2-3-4-7-28(37)19-24-8-10-26(11-9-24)27-12-13-29-30(20-27)34-31(22-33-29)36-17-15-35(16-18-36)23-25-6-5-14-32-21-25/h5-6,8-14,20-22H,2-4,7,15-19,23H2,1H3. The molecule has 1 saturated heterocycles. The van der Waals surface area contributed by atoms with Gasteiger partial charge in [0.05, 0.1) is 17.2 Å². The Hall–Kier alpha value is -3.64. The molecular weight excluding hydrogens is 458 g/mol. The summed E-state index contributed by atoms with van der Waals surface area (Å²) in [5.41, 5.74) is 6.37. The van der Waals surface area contributed by atoms with Crippen molar-refractivity contribution in [3.8, 4) is 11.1 Å². The Morgan fingerprint density at radius 2 is 1.68 bits per heavy atom. The molecule has 6 nitrogen and oxygen atoms in total. The van der Waals surface area contributed by atoms with Crippen LogP contribution in [0.25, 0.3) is 22.2 Å². The lowest BCUT2D eigenvalue weighted by molar-refractivity contribution is -0.118. The zero-order chi connectivity index (χ0) is 25.5. The lowest BCUT2D eigenvalue weighted by Crippen LogP contribution is -2.46. The Kier molecular flexibility index (Phi) is 8.16. The van der Waals surface area contributed by atoms with E-state index in [0.29, 0.717) is 18.6 Å². The number of ketones is 1. The first kappa shape index (κ1) is 25.0. The Morgan fingerprint density at radius 3 is 2.43 bits per heavy atom. The molecule has 1 aliphatic rings. The van der Waals surface area contributed by atoms with E-state index in [-0.39, 0.29) is 0 Å². The van der Waals surface area contributed by atoms with Gasteiger partial charge in [-0.05, 0) is 46.9 Å². The molecular formula is C31H35N5O. The van der Waals surface area contributed by atoms with Crippen molar-refractivity contribution in [2.24, 2.45) is 0 Å². The zero-order valence-electron chi connectivity index (χ0n) is 21.6. The van der Waals surface area contributed by atoms with E-state index in [2.05, 4.69) is 64.2 Å². The minimum Gasteiger partial charge on any atom is -0.353 e. The minimum atomic E-state index is 0.326. The fraction of sp³-hybridized carbons (Fsp3) is 0.355. The lowest BCUT2D eigenvalue weighted by atomic mass is 10.00. The average molecular weight is 494 g/mol. The summed E-state index contributed by atoms with van der Waals surface area (Å²) in [5, 5.41) is 0. The van der Waals surface area contributed by atoms with Crippen LogP contribution in [0.15, 0.2) is 73.2 Å². The van der Waals surface area contributed by atoms with Crippen molar-refractivity contribution >= 4 is 22.6 Å². The van der Waals surface area contributed by atoms with Gasteiger partial charge in [0.25, 0.3) is 0 Å². The van der Waals surface area contributed by atoms with Crippen LogP contribution in [0, 0.1) is 0 Å². The first-order valence-corrected chi connectivity index (χ1v) is 13.4. The van der Waals surface area contributed by atoms with Gasteiger partial charge in [0, 0.05) is 58.0 Å². The van der Waals surface area contributed by atoms with Crippen molar-refractivity contribution in [3.63, 3.8) is 0 Å². The molecule has 0 spiro atoms. The van der Waals surface area contributed by atoms with Crippen LogP contribution in [0.4, 0.5) is 5.82 Å². The van der Waals surface area contributed by atoms with Crippen molar-refractivity contribution < 1.29 is 4.79 Å². The molecule has 1 aliphatic heterocycles. The van der Waals surface area contributed by atoms with E-state index in [1.807, 2.05) is 30.7 Å². The van der Waals surface area contributed by atoms with Gasteiger partial charge >= 0.3 is 0 Å². The molecule has 0 bridgehead atoms. The van der Waals surface area contributed by atoms with Gasteiger partial charge in [-0.25, -0.2) is 4.98 Å². The van der Waals surface area contributed by atoms with Crippen LogP contribution in [0.1, 0.15) is 43.7 Å². The number of piperazine rings is 1. The van der Waals surface area contributed by atoms with E-state index in [1.54, 1.807) is 0 Å². The third-order valence-electron chi connectivity index (χ3n) is 7.10. The third kappa shape index (κ3) is 6.57. The van der Waals surface area contributed by atoms with Crippen LogP contribution >= 0.6 is 0 Å². The lowest BCUT2D eigenvalue weighted by Gasteiger charge is -2.35. The predicted octanol–water partition coefficient (Wildman–Crippen LogP) is 5.71. The Morgan fingerprint density at radius 1 is 0.865 bits per heavy atom. The number of nitrogens with zero attached hydrogens (tertiary/aromatic N) is 5. The van der Waals surface area contributed by atoms with Crippen LogP contribution in [0.5, 0.6) is 0 Å². The van der Waals surface area contributed by atoms with Gasteiger partial charge in [-0.3, -0.25) is 19.7 Å². The summed E-state index contributed by atoms with van der Waals surface area (Å²) >= 11 is 0. The second-order valence-corrected chi connectivity index (χ2v) is 9.93. The summed E-state index contributed by atoms with van der Waals surface area (Å²) in [6.07, 6.45) is 10.1. The van der Waals surface area contributed by atoms with Crippen LogP contribution in [0.2, 0.25) is 0 Å². The number of unbranched alkanes of at least 4 members (excludes halogenated alkanes) is 2. The second-order valence-electron chi connectivity index (χ2n) is 9.93. The minimum absolute atomic E-state index is 0.326.